The third kappa shape index (κ3) is 6.56. The number of amides is 1. The van der Waals surface area contributed by atoms with Gasteiger partial charge in [-0.15, -0.1) is 24.0 Å². The van der Waals surface area contributed by atoms with Crippen LogP contribution in [-0.4, -0.2) is 48.9 Å². The Balaban J connectivity index is 0.00000341. The maximum atomic E-state index is 11.5. The minimum absolute atomic E-state index is 0. The molecule has 2 heterocycles. The van der Waals surface area contributed by atoms with Crippen molar-refractivity contribution in [3.8, 4) is 0 Å². The molecular formula is C23H33IN6O. The standard InChI is InChI=1S/C23H32N6O.HI/c1-17-7-4-5-8-20(17)16-28(3)23(25-2)27-15-19-9-6-12-26-22(19)29-13-10-18(11-14-29)21(24)30;/h4-9,12,18H,10-11,13-16H2,1-3H3,(H2,24,30)(H,25,27);1H. The number of benzene rings is 1. The van der Waals surface area contributed by atoms with E-state index in [2.05, 4.69) is 62.3 Å². The highest BCUT2D eigenvalue weighted by Crippen LogP contribution is 2.24. The van der Waals surface area contributed by atoms with Crippen molar-refractivity contribution in [1.29, 1.82) is 0 Å². The molecule has 1 amide bonds. The van der Waals surface area contributed by atoms with Gasteiger partial charge in [-0.2, -0.15) is 0 Å². The largest absolute Gasteiger partial charge is 0.369 e. The molecule has 0 spiro atoms. The van der Waals surface area contributed by atoms with Crippen LogP contribution in [0.2, 0.25) is 0 Å². The summed E-state index contributed by atoms with van der Waals surface area (Å²) >= 11 is 0. The number of nitrogens with two attached hydrogens (primary N) is 1. The lowest BCUT2D eigenvalue weighted by molar-refractivity contribution is -0.122. The van der Waals surface area contributed by atoms with Gasteiger partial charge in [0.2, 0.25) is 5.91 Å². The summed E-state index contributed by atoms with van der Waals surface area (Å²) in [5, 5.41) is 3.47. The minimum atomic E-state index is -0.196. The van der Waals surface area contributed by atoms with E-state index in [0.29, 0.717) is 6.54 Å². The van der Waals surface area contributed by atoms with Crippen LogP contribution in [0.25, 0.3) is 0 Å². The number of rotatable bonds is 6. The first kappa shape index (κ1) is 24.9. The van der Waals surface area contributed by atoms with Crippen molar-refractivity contribution in [2.75, 3.05) is 32.1 Å². The molecule has 1 aliphatic rings. The number of guanidine groups is 1. The number of hydrogen-bond donors (Lipinski definition) is 2. The van der Waals surface area contributed by atoms with Gasteiger partial charge in [0.15, 0.2) is 5.96 Å². The van der Waals surface area contributed by atoms with E-state index in [-0.39, 0.29) is 35.8 Å². The van der Waals surface area contributed by atoms with Crippen LogP contribution >= 0.6 is 24.0 Å². The maximum absolute atomic E-state index is 11.5. The van der Waals surface area contributed by atoms with Crippen molar-refractivity contribution >= 4 is 41.7 Å². The fourth-order valence-electron chi connectivity index (χ4n) is 3.91. The molecule has 1 saturated heterocycles. The number of piperidine rings is 1. The van der Waals surface area contributed by atoms with Gasteiger partial charge in [0.25, 0.3) is 0 Å². The lowest BCUT2D eigenvalue weighted by atomic mass is 9.96. The van der Waals surface area contributed by atoms with Gasteiger partial charge >= 0.3 is 0 Å². The second-order valence-corrected chi connectivity index (χ2v) is 7.83. The number of pyridine rings is 1. The van der Waals surface area contributed by atoms with Crippen molar-refractivity contribution in [2.45, 2.75) is 32.9 Å². The zero-order valence-electron chi connectivity index (χ0n) is 18.5. The molecule has 0 radical (unpaired) electrons. The molecule has 3 rings (SSSR count). The molecule has 0 unspecified atom stereocenters. The Bertz CT molecular complexity index is 895. The lowest BCUT2D eigenvalue weighted by Crippen LogP contribution is -2.40. The zero-order chi connectivity index (χ0) is 21.5. The lowest BCUT2D eigenvalue weighted by Gasteiger charge is -2.32. The fraction of sp³-hybridized carbons (Fsp3) is 0.435. The van der Waals surface area contributed by atoms with E-state index in [1.54, 1.807) is 7.05 Å². The molecule has 7 nitrogen and oxygen atoms in total. The number of primary amides is 1. The van der Waals surface area contributed by atoms with Gasteiger partial charge in [-0.25, -0.2) is 4.98 Å². The molecular weight excluding hydrogens is 503 g/mol. The first-order valence-electron chi connectivity index (χ1n) is 10.4. The van der Waals surface area contributed by atoms with E-state index in [9.17, 15) is 4.79 Å². The van der Waals surface area contributed by atoms with Crippen molar-refractivity contribution in [1.82, 2.24) is 15.2 Å². The molecule has 2 aromatic rings. The van der Waals surface area contributed by atoms with Crippen molar-refractivity contribution in [3.63, 3.8) is 0 Å². The highest BCUT2D eigenvalue weighted by Gasteiger charge is 2.25. The Morgan fingerprint density at radius 2 is 1.90 bits per heavy atom. The number of nitrogens with zero attached hydrogens (tertiary/aromatic N) is 4. The van der Waals surface area contributed by atoms with Crippen LogP contribution in [0.3, 0.4) is 0 Å². The molecule has 1 aliphatic heterocycles. The molecule has 0 atom stereocenters. The van der Waals surface area contributed by atoms with Crippen LogP contribution in [0.5, 0.6) is 0 Å². The van der Waals surface area contributed by atoms with Crippen molar-refractivity contribution < 1.29 is 4.79 Å². The van der Waals surface area contributed by atoms with Crippen LogP contribution in [0.4, 0.5) is 5.82 Å². The Morgan fingerprint density at radius 1 is 1.23 bits per heavy atom. The average molecular weight is 536 g/mol. The molecule has 0 bridgehead atoms. The van der Waals surface area contributed by atoms with Gasteiger partial charge < -0.3 is 20.9 Å². The van der Waals surface area contributed by atoms with Gasteiger partial charge in [-0.3, -0.25) is 9.79 Å². The molecule has 1 aromatic heterocycles. The highest BCUT2D eigenvalue weighted by atomic mass is 127. The van der Waals surface area contributed by atoms with E-state index in [1.165, 1.54) is 11.1 Å². The van der Waals surface area contributed by atoms with E-state index < -0.39 is 0 Å². The number of aliphatic imine (C=N–C) groups is 1. The zero-order valence-corrected chi connectivity index (χ0v) is 20.9. The fourth-order valence-corrected chi connectivity index (χ4v) is 3.91. The van der Waals surface area contributed by atoms with Gasteiger partial charge in [-0.1, -0.05) is 30.3 Å². The number of carbonyl (C=O) groups is 1. The normalized spacial score (nSPS) is 14.7. The van der Waals surface area contributed by atoms with Gasteiger partial charge in [0, 0.05) is 58.0 Å². The monoisotopic (exact) mass is 536 g/mol. The minimum Gasteiger partial charge on any atom is -0.369 e. The summed E-state index contributed by atoms with van der Waals surface area (Å²) in [6, 6.07) is 12.4. The summed E-state index contributed by atoms with van der Waals surface area (Å²) in [7, 11) is 3.84. The first-order valence-corrected chi connectivity index (χ1v) is 10.4. The Labute approximate surface area is 202 Å². The molecule has 31 heavy (non-hydrogen) atoms. The van der Waals surface area contributed by atoms with E-state index in [0.717, 1.165) is 49.8 Å². The topological polar surface area (TPSA) is 86.9 Å². The average Bonchev–Trinajstić information content (AvgIpc) is 2.76. The Kier molecular flexibility index (Phi) is 9.54. The van der Waals surface area contributed by atoms with E-state index in [1.807, 2.05) is 19.3 Å². The summed E-state index contributed by atoms with van der Waals surface area (Å²) in [5.41, 5.74) is 9.13. The van der Waals surface area contributed by atoms with Crippen molar-refractivity contribution in [3.05, 3.63) is 59.3 Å². The second-order valence-electron chi connectivity index (χ2n) is 7.83. The number of hydrogen-bond acceptors (Lipinski definition) is 4. The summed E-state index contributed by atoms with van der Waals surface area (Å²) in [5.74, 6) is 1.57. The second kappa shape index (κ2) is 11.9. The summed E-state index contributed by atoms with van der Waals surface area (Å²) < 4.78 is 0. The SMILES string of the molecule is CN=C(NCc1cccnc1N1CCC(C(N)=O)CC1)N(C)Cc1ccccc1C.I. The van der Waals surface area contributed by atoms with Crippen LogP contribution in [0.1, 0.15) is 29.5 Å². The molecule has 1 fully saturated rings. The molecule has 168 valence electrons. The summed E-state index contributed by atoms with van der Waals surface area (Å²) in [4.78, 5) is 24.9. The highest BCUT2D eigenvalue weighted by molar-refractivity contribution is 14.0. The van der Waals surface area contributed by atoms with Crippen LogP contribution in [-0.2, 0) is 17.9 Å². The van der Waals surface area contributed by atoms with Gasteiger partial charge in [0.05, 0.1) is 0 Å². The summed E-state index contributed by atoms with van der Waals surface area (Å²) in [6.07, 6.45) is 3.37. The van der Waals surface area contributed by atoms with Crippen LogP contribution in [0, 0.1) is 12.8 Å². The number of aryl methyl sites for hydroxylation is 1. The number of halogens is 1. The number of carbonyl (C=O) groups excluding carboxylic acids is 1. The van der Waals surface area contributed by atoms with Crippen LogP contribution < -0.4 is 16.0 Å². The molecule has 8 heteroatoms. The third-order valence-electron chi connectivity index (χ3n) is 5.74. The van der Waals surface area contributed by atoms with Crippen molar-refractivity contribution in [2.24, 2.45) is 16.6 Å². The summed E-state index contributed by atoms with van der Waals surface area (Å²) in [6.45, 7) is 5.12. The maximum Gasteiger partial charge on any atom is 0.220 e. The third-order valence-corrected chi connectivity index (χ3v) is 5.74. The molecule has 3 N–H and O–H groups in total. The number of nitrogens with one attached hydrogen (secondary N) is 1. The molecule has 0 saturated carbocycles. The first-order chi connectivity index (χ1) is 14.5. The predicted octanol–water partition coefficient (Wildman–Crippen LogP) is 2.92. The van der Waals surface area contributed by atoms with Crippen LogP contribution in [0.15, 0.2) is 47.6 Å². The number of aromatic nitrogens is 1. The predicted molar refractivity (Wildman–Crippen MR) is 137 cm³/mol. The molecule has 0 aliphatic carbocycles. The Hall–Kier alpha value is -2.36. The number of anilines is 1. The van der Waals surface area contributed by atoms with E-state index >= 15 is 0 Å². The van der Waals surface area contributed by atoms with E-state index in [4.69, 9.17) is 5.73 Å². The van der Waals surface area contributed by atoms with Gasteiger partial charge in [-0.05, 0) is 37.0 Å². The smallest absolute Gasteiger partial charge is 0.220 e. The molecule has 1 aromatic carbocycles. The van der Waals surface area contributed by atoms with Gasteiger partial charge in [0.1, 0.15) is 5.82 Å². The quantitative estimate of drug-likeness (QED) is 0.337. The Morgan fingerprint density at radius 3 is 2.55 bits per heavy atom.